The molecular weight excluding hydrogens is 289 g/mol. The standard InChI is InChI=1S/C16H16FNO2S/c1-20-15(13-3-2-4-14(17)9-13)10-18-16(19)6-5-12-7-8-21-11-12/h2-9,11,15H,10H2,1H3,(H,18,19)/b6-5+/t15-/m0/s1. The van der Waals surface area contributed by atoms with E-state index >= 15 is 0 Å². The lowest BCUT2D eigenvalue weighted by Gasteiger charge is -2.16. The number of hydrogen-bond acceptors (Lipinski definition) is 3. The van der Waals surface area contributed by atoms with Gasteiger partial charge in [0.15, 0.2) is 0 Å². The summed E-state index contributed by atoms with van der Waals surface area (Å²) < 4.78 is 18.5. The Bertz CT molecular complexity index is 610. The van der Waals surface area contributed by atoms with Gasteiger partial charge in [0.2, 0.25) is 5.91 Å². The van der Waals surface area contributed by atoms with Crippen LogP contribution in [0.4, 0.5) is 4.39 Å². The molecule has 0 aliphatic rings. The maximum absolute atomic E-state index is 13.2. The molecule has 0 bridgehead atoms. The molecule has 1 aromatic heterocycles. The summed E-state index contributed by atoms with van der Waals surface area (Å²) >= 11 is 1.57. The van der Waals surface area contributed by atoms with Gasteiger partial charge in [-0.25, -0.2) is 4.39 Å². The highest BCUT2D eigenvalue weighted by molar-refractivity contribution is 7.08. The molecule has 0 unspecified atom stereocenters. The monoisotopic (exact) mass is 305 g/mol. The number of carbonyl (C=O) groups excluding carboxylic acids is 1. The van der Waals surface area contributed by atoms with Crippen LogP contribution < -0.4 is 5.32 Å². The first-order valence-electron chi connectivity index (χ1n) is 6.45. The number of hydrogen-bond donors (Lipinski definition) is 1. The molecule has 1 amide bonds. The lowest BCUT2D eigenvalue weighted by molar-refractivity contribution is -0.117. The third-order valence-corrected chi connectivity index (χ3v) is 3.64. The molecule has 0 saturated carbocycles. The van der Waals surface area contributed by atoms with Crippen LogP contribution >= 0.6 is 11.3 Å². The van der Waals surface area contributed by atoms with Crippen molar-refractivity contribution in [3.05, 3.63) is 64.1 Å². The minimum absolute atomic E-state index is 0.209. The highest BCUT2D eigenvalue weighted by Gasteiger charge is 2.11. The molecule has 0 aliphatic carbocycles. The van der Waals surface area contributed by atoms with Gasteiger partial charge in [-0.2, -0.15) is 11.3 Å². The van der Waals surface area contributed by atoms with Gasteiger partial charge in [0.05, 0.1) is 6.10 Å². The van der Waals surface area contributed by atoms with E-state index in [9.17, 15) is 9.18 Å². The Hall–Kier alpha value is -1.98. The summed E-state index contributed by atoms with van der Waals surface area (Å²) in [5, 5.41) is 6.64. The highest BCUT2D eigenvalue weighted by Crippen LogP contribution is 2.16. The number of benzene rings is 1. The van der Waals surface area contributed by atoms with Gasteiger partial charge in [-0.3, -0.25) is 4.79 Å². The molecular formula is C16H16FNO2S. The highest BCUT2D eigenvalue weighted by atomic mass is 32.1. The van der Waals surface area contributed by atoms with Crippen LogP contribution in [0.2, 0.25) is 0 Å². The molecule has 21 heavy (non-hydrogen) atoms. The van der Waals surface area contributed by atoms with Crippen LogP contribution in [0.5, 0.6) is 0 Å². The summed E-state index contributed by atoms with van der Waals surface area (Å²) in [7, 11) is 1.53. The SMILES string of the molecule is CO[C@@H](CNC(=O)/C=C/c1ccsc1)c1cccc(F)c1. The fourth-order valence-electron chi connectivity index (χ4n) is 1.84. The maximum Gasteiger partial charge on any atom is 0.244 e. The lowest BCUT2D eigenvalue weighted by atomic mass is 10.1. The van der Waals surface area contributed by atoms with Gasteiger partial charge < -0.3 is 10.1 Å². The summed E-state index contributed by atoms with van der Waals surface area (Å²) in [4.78, 5) is 11.7. The van der Waals surface area contributed by atoms with Gasteiger partial charge in [-0.05, 0) is 46.2 Å². The van der Waals surface area contributed by atoms with E-state index in [1.807, 2.05) is 16.8 Å². The van der Waals surface area contributed by atoms with Crippen LogP contribution in [0.25, 0.3) is 6.08 Å². The third-order valence-electron chi connectivity index (χ3n) is 2.94. The fourth-order valence-corrected chi connectivity index (χ4v) is 2.47. The first kappa shape index (κ1) is 15.4. The number of rotatable bonds is 6. The fraction of sp³-hybridized carbons (Fsp3) is 0.188. The number of amides is 1. The molecule has 3 nitrogen and oxygen atoms in total. The summed E-state index contributed by atoms with van der Waals surface area (Å²) in [6, 6.07) is 8.10. The summed E-state index contributed by atoms with van der Waals surface area (Å²) in [6.45, 7) is 0.284. The Morgan fingerprint density at radius 3 is 3.00 bits per heavy atom. The van der Waals surface area contributed by atoms with E-state index in [2.05, 4.69) is 5.32 Å². The molecule has 0 radical (unpaired) electrons. The molecule has 1 aromatic carbocycles. The summed E-state index contributed by atoms with van der Waals surface area (Å²) in [5.41, 5.74) is 1.68. The third kappa shape index (κ3) is 4.81. The van der Waals surface area contributed by atoms with Gasteiger partial charge in [-0.1, -0.05) is 12.1 Å². The molecule has 2 rings (SSSR count). The predicted molar refractivity (Wildman–Crippen MR) is 82.5 cm³/mol. The van der Waals surface area contributed by atoms with E-state index in [1.54, 1.807) is 29.5 Å². The Morgan fingerprint density at radius 1 is 1.48 bits per heavy atom. The molecule has 0 spiro atoms. The molecule has 0 saturated heterocycles. The van der Waals surface area contributed by atoms with E-state index < -0.39 is 0 Å². The van der Waals surface area contributed by atoms with Crippen molar-refractivity contribution in [3.8, 4) is 0 Å². The average molecular weight is 305 g/mol. The smallest absolute Gasteiger partial charge is 0.244 e. The van der Waals surface area contributed by atoms with Crippen molar-refractivity contribution in [1.29, 1.82) is 0 Å². The molecule has 110 valence electrons. The summed E-state index contributed by atoms with van der Waals surface area (Å²) in [6.07, 6.45) is 2.84. The number of halogens is 1. The maximum atomic E-state index is 13.2. The minimum Gasteiger partial charge on any atom is -0.375 e. The second-order valence-corrected chi connectivity index (χ2v) is 5.19. The van der Waals surface area contributed by atoms with Crippen molar-refractivity contribution in [2.75, 3.05) is 13.7 Å². The van der Waals surface area contributed by atoms with E-state index in [0.717, 1.165) is 5.56 Å². The van der Waals surface area contributed by atoms with Gasteiger partial charge >= 0.3 is 0 Å². The number of carbonyl (C=O) groups is 1. The van der Waals surface area contributed by atoms with Crippen LogP contribution in [0.15, 0.2) is 47.2 Å². The van der Waals surface area contributed by atoms with Crippen molar-refractivity contribution < 1.29 is 13.9 Å². The molecule has 1 atom stereocenters. The number of ether oxygens (including phenoxy) is 1. The molecule has 1 N–H and O–H groups in total. The predicted octanol–water partition coefficient (Wildman–Crippen LogP) is 3.40. The first-order chi connectivity index (χ1) is 10.2. The summed E-state index contributed by atoms with van der Waals surface area (Å²) in [5.74, 6) is -0.530. The second kappa shape index (κ2) is 7.71. The van der Waals surface area contributed by atoms with Gasteiger partial charge in [0, 0.05) is 19.7 Å². The van der Waals surface area contributed by atoms with Crippen molar-refractivity contribution in [1.82, 2.24) is 5.32 Å². The van der Waals surface area contributed by atoms with E-state index in [-0.39, 0.29) is 24.4 Å². The van der Waals surface area contributed by atoms with Crippen molar-refractivity contribution in [2.45, 2.75) is 6.10 Å². The van der Waals surface area contributed by atoms with Crippen molar-refractivity contribution in [2.24, 2.45) is 0 Å². The van der Waals surface area contributed by atoms with Crippen LogP contribution in [0, 0.1) is 5.82 Å². The molecule has 0 aliphatic heterocycles. The van der Waals surface area contributed by atoms with Gasteiger partial charge in [-0.15, -0.1) is 0 Å². The zero-order valence-corrected chi connectivity index (χ0v) is 12.4. The molecule has 2 aromatic rings. The number of nitrogens with one attached hydrogen (secondary N) is 1. The van der Waals surface area contributed by atoms with Gasteiger partial charge in [0.25, 0.3) is 0 Å². The quantitative estimate of drug-likeness (QED) is 0.831. The molecule has 1 heterocycles. The minimum atomic E-state index is -0.376. The van der Waals surface area contributed by atoms with E-state index in [4.69, 9.17) is 4.74 Å². The van der Waals surface area contributed by atoms with E-state index in [1.165, 1.54) is 25.3 Å². The lowest BCUT2D eigenvalue weighted by Crippen LogP contribution is -2.27. The van der Waals surface area contributed by atoms with Crippen LogP contribution in [0.1, 0.15) is 17.2 Å². The Morgan fingerprint density at radius 2 is 2.33 bits per heavy atom. The van der Waals surface area contributed by atoms with Crippen LogP contribution in [0.3, 0.4) is 0 Å². The second-order valence-electron chi connectivity index (χ2n) is 4.41. The molecule has 0 fully saturated rings. The van der Waals surface area contributed by atoms with Crippen LogP contribution in [-0.2, 0) is 9.53 Å². The molecule has 5 heteroatoms. The van der Waals surface area contributed by atoms with Gasteiger partial charge in [0.1, 0.15) is 5.82 Å². The Kier molecular flexibility index (Phi) is 5.66. The zero-order valence-electron chi connectivity index (χ0n) is 11.6. The number of thiophene rings is 1. The normalized spacial score (nSPS) is 12.5. The van der Waals surface area contributed by atoms with Crippen molar-refractivity contribution >= 4 is 23.3 Å². The van der Waals surface area contributed by atoms with Crippen molar-refractivity contribution in [3.63, 3.8) is 0 Å². The zero-order chi connectivity index (χ0) is 15.1. The largest absolute Gasteiger partial charge is 0.375 e. The first-order valence-corrected chi connectivity index (χ1v) is 7.39. The topological polar surface area (TPSA) is 38.3 Å². The average Bonchev–Trinajstić information content (AvgIpc) is 2.99. The Balaban J connectivity index is 1.89. The van der Waals surface area contributed by atoms with Crippen LogP contribution in [-0.4, -0.2) is 19.6 Å². The number of methoxy groups -OCH3 is 1. The van der Waals surface area contributed by atoms with E-state index in [0.29, 0.717) is 5.56 Å². The Labute approximate surface area is 127 Å².